The Balaban J connectivity index is 2.33. The third-order valence-electron chi connectivity index (χ3n) is 2.51. The first kappa shape index (κ1) is 7.59. The second kappa shape index (κ2) is 2.47. The predicted molar refractivity (Wildman–Crippen MR) is 44.7 cm³/mol. The number of phenolic OH excluding ortho intramolecular Hbond substituents is 1. The fourth-order valence-electron chi connectivity index (χ4n) is 1.56. The van der Waals surface area contributed by atoms with Gasteiger partial charge in [0.2, 0.25) is 0 Å². The molecule has 1 aromatic carbocycles. The highest BCUT2D eigenvalue weighted by molar-refractivity contribution is 5.32. The first-order chi connectivity index (χ1) is 5.71. The van der Waals surface area contributed by atoms with E-state index in [2.05, 4.69) is 0 Å². The molecule has 0 bridgehead atoms. The number of alkyl halides is 1. The van der Waals surface area contributed by atoms with Gasteiger partial charge in [-0.2, -0.15) is 0 Å². The summed E-state index contributed by atoms with van der Waals surface area (Å²) in [5, 5.41) is 9.13. The molecule has 0 saturated heterocycles. The summed E-state index contributed by atoms with van der Waals surface area (Å²) in [5.41, 5.74) is -0.535. The summed E-state index contributed by atoms with van der Waals surface area (Å²) >= 11 is 0. The van der Waals surface area contributed by atoms with E-state index in [1.807, 2.05) is 0 Å². The van der Waals surface area contributed by atoms with Crippen LogP contribution in [0.1, 0.15) is 24.8 Å². The van der Waals surface area contributed by atoms with Crippen LogP contribution in [0.25, 0.3) is 0 Å². The van der Waals surface area contributed by atoms with Crippen LogP contribution in [0.2, 0.25) is 0 Å². The van der Waals surface area contributed by atoms with Crippen LogP contribution in [0, 0.1) is 0 Å². The standard InChI is InChI=1S/C10H11FO/c11-10(5-2-6-10)8-3-1-4-9(12)7-8/h1,3-4,7,12H,2,5-6H2. The van der Waals surface area contributed by atoms with Crippen LogP contribution in [-0.2, 0) is 5.67 Å². The van der Waals surface area contributed by atoms with Crippen molar-refractivity contribution in [2.75, 3.05) is 0 Å². The SMILES string of the molecule is Oc1cccc(C2(F)CCC2)c1. The molecule has 0 unspecified atom stereocenters. The van der Waals surface area contributed by atoms with E-state index in [0.29, 0.717) is 18.4 Å². The summed E-state index contributed by atoms with van der Waals surface area (Å²) in [4.78, 5) is 0. The van der Waals surface area contributed by atoms with Gasteiger partial charge >= 0.3 is 0 Å². The molecule has 0 radical (unpaired) electrons. The van der Waals surface area contributed by atoms with Crippen LogP contribution in [-0.4, -0.2) is 5.11 Å². The molecule has 1 aromatic rings. The molecule has 0 spiro atoms. The zero-order valence-corrected chi connectivity index (χ0v) is 6.76. The Hall–Kier alpha value is -1.05. The maximum absolute atomic E-state index is 13.7. The van der Waals surface area contributed by atoms with Gasteiger partial charge in [-0.05, 0) is 37.0 Å². The summed E-state index contributed by atoms with van der Waals surface area (Å²) in [6.45, 7) is 0. The summed E-state index contributed by atoms with van der Waals surface area (Å²) in [5.74, 6) is 0.149. The molecular weight excluding hydrogens is 155 g/mol. The summed E-state index contributed by atoms with van der Waals surface area (Å²) in [6.07, 6.45) is 2.14. The van der Waals surface area contributed by atoms with Crippen LogP contribution in [0.5, 0.6) is 5.75 Å². The first-order valence-corrected chi connectivity index (χ1v) is 4.19. The van der Waals surface area contributed by atoms with Crippen molar-refractivity contribution in [3.8, 4) is 5.75 Å². The van der Waals surface area contributed by atoms with Crippen molar-refractivity contribution in [1.82, 2.24) is 0 Å². The van der Waals surface area contributed by atoms with Gasteiger partial charge < -0.3 is 5.11 Å². The lowest BCUT2D eigenvalue weighted by Crippen LogP contribution is -2.28. The topological polar surface area (TPSA) is 20.2 Å². The normalized spacial score (nSPS) is 20.1. The second-order valence-electron chi connectivity index (χ2n) is 3.37. The lowest BCUT2D eigenvalue weighted by Gasteiger charge is -2.34. The van der Waals surface area contributed by atoms with Crippen LogP contribution >= 0.6 is 0 Å². The fourth-order valence-corrected chi connectivity index (χ4v) is 1.56. The number of hydrogen-bond donors (Lipinski definition) is 1. The number of rotatable bonds is 1. The molecule has 0 heterocycles. The van der Waals surface area contributed by atoms with E-state index >= 15 is 0 Å². The molecule has 64 valence electrons. The van der Waals surface area contributed by atoms with Gasteiger partial charge in [-0.25, -0.2) is 4.39 Å². The van der Waals surface area contributed by atoms with Crippen molar-refractivity contribution in [2.24, 2.45) is 0 Å². The Labute approximate surface area is 70.8 Å². The molecule has 1 saturated carbocycles. The van der Waals surface area contributed by atoms with Gasteiger partial charge in [-0.1, -0.05) is 12.1 Å². The van der Waals surface area contributed by atoms with E-state index < -0.39 is 5.67 Å². The number of hydrogen-bond acceptors (Lipinski definition) is 1. The fraction of sp³-hybridized carbons (Fsp3) is 0.400. The molecule has 12 heavy (non-hydrogen) atoms. The van der Waals surface area contributed by atoms with Crippen molar-refractivity contribution in [3.63, 3.8) is 0 Å². The van der Waals surface area contributed by atoms with Crippen LogP contribution in [0.15, 0.2) is 24.3 Å². The van der Waals surface area contributed by atoms with Gasteiger partial charge in [0.25, 0.3) is 0 Å². The van der Waals surface area contributed by atoms with E-state index in [4.69, 9.17) is 5.11 Å². The Kier molecular flexibility index (Phi) is 1.56. The molecule has 1 aliphatic carbocycles. The molecular formula is C10H11FO. The molecule has 0 aromatic heterocycles. The quantitative estimate of drug-likeness (QED) is 0.680. The smallest absolute Gasteiger partial charge is 0.136 e. The lowest BCUT2D eigenvalue weighted by atomic mass is 9.77. The van der Waals surface area contributed by atoms with Crippen molar-refractivity contribution >= 4 is 0 Å². The van der Waals surface area contributed by atoms with Crippen molar-refractivity contribution < 1.29 is 9.50 Å². The highest BCUT2D eigenvalue weighted by atomic mass is 19.1. The van der Waals surface area contributed by atoms with Gasteiger partial charge in [-0.3, -0.25) is 0 Å². The average molecular weight is 166 g/mol. The van der Waals surface area contributed by atoms with E-state index in [0.717, 1.165) is 6.42 Å². The highest BCUT2D eigenvalue weighted by Gasteiger charge is 2.38. The van der Waals surface area contributed by atoms with Gasteiger partial charge in [0.15, 0.2) is 0 Å². The third kappa shape index (κ3) is 1.07. The third-order valence-corrected chi connectivity index (χ3v) is 2.51. The number of halogens is 1. The van der Waals surface area contributed by atoms with Crippen LogP contribution < -0.4 is 0 Å². The first-order valence-electron chi connectivity index (χ1n) is 4.19. The monoisotopic (exact) mass is 166 g/mol. The molecule has 1 N–H and O–H groups in total. The van der Waals surface area contributed by atoms with Gasteiger partial charge in [0.1, 0.15) is 11.4 Å². The molecule has 0 amide bonds. The zero-order chi connectivity index (χ0) is 8.60. The maximum atomic E-state index is 13.7. The lowest BCUT2D eigenvalue weighted by molar-refractivity contribution is 0.0607. The van der Waals surface area contributed by atoms with Gasteiger partial charge in [-0.15, -0.1) is 0 Å². The van der Waals surface area contributed by atoms with Gasteiger partial charge in [0.05, 0.1) is 0 Å². The maximum Gasteiger partial charge on any atom is 0.136 e. The zero-order valence-electron chi connectivity index (χ0n) is 6.76. The van der Waals surface area contributed by atoms with Crippen molar-refractivity contribution in [1.29, 1.82) is 0 Å². The van der Waals surface area contributed by atoms with E-state index in [1.165, 1.54) is 6.07 Å². The van der Waals surface area contributed by atoms with Crippen molar-refractivity contribution in [2.45, 2.75) is 24.9 Å². The van der Waals surface area contributed by atoms with E-state index in [9.17, 15) is 4.39 Å². The summed E-state index contributed by atoms with van der Waals surface area (Å²) in [7, 11) is 0. The molecule has 1 nitrogen and oxygen atoms in total. The van der Waals surface area contributed by atoms with Gasteiger partial charge in [0, 0.05) is 0 Å². The Morgan fingerprint density at radius 1 is 1.33 bits per heavy atom. The Bertz CT molecular complexity index is 292. The minimum Gasteiger partial charge on any atom is -0.508 e. The molecule has 0 aliphatic heterocycles. The second-order valence-corrected chi connectivity index (χ2v) is 3.37. The van der Waals surface area contributed by atoms with E-state index in [-0.39, 0.29) is 5.75 Å². The summed E-state index contributed by atoms with van der Waals surface area (Å²) in [6, 6.07) is 6.49. The Morgan fingerprint density at radius 3 is 2.58 bits per heavy atom. The molecule has 1 fully saturated rings. The van der Waals surface area contributed by atoms with E-state index in [1.54, 1.807) is 18.2 Å². The molecule has 0 atom stereocenters. The largest absolute Gasteiger partial charge is 0.508 e. The highest BCUT2D eigenvalue weighted by Crippen LogP contribution is 2.45. The molecule has 1 aliphatic rings. The molecule has 2 rings (SSSR count). The number of aromatic hydroxyl groups is 1. The molecule has 2 heteroatoms. The number of benzene rings is 1. The van der Waals surface area contributed by atoms with Crippen LogP contribution in [0.3, 0.4) is 0 Å². The Morgan fingerprint density at radius 2 is 2.08 bits per heavy atom. The average Bonchev–Trinajstić information content (AvgIpc) is 2.00. The predicted octanol–water partition coefficient (Wildman–Crippen LogP) is 2.74. The van der Waals surface area contributed by atoms with Crippen molar-refractivity contribution in [3.05, 3.63) is 29.8 Å². The van der Waals surface area contributed by atoms with Crippen LogP contribution in [0.4, 0.5) is 4.39 Å². The summed E-state index contributed by atoms with van der Waals surface area (Å²) < 4.78 is 13.7. The minimum atomic E-state index is -1.15. The number of phenols is 1. The minimum absolute atomic E-state index is 0.149.